The van der Waals surface area contributed by atoms with Crippen LogP contribution in [0.2, 0.25) is 0 Å². The summed E-state index contributed by atoms with van der Waals surface area (Å²) in [5.41, 5.74) is 3.34. The summed E-state index contributed by atoms with van der Waals surface area (Å²) in [6, 6.07) is 15.7. The van der Waals surface area contributed by atoms with Gasteiger partial charge < -0.3 is 10.2 Å². The second-order valence-electron chi connectivity index (χ2n) is 8.02. The van der Waals surface area contributed by atoms with Gasteiger partial charge in [0.25, 0.3) is 5.91 Å². The van der Waals surface area contributed by atoms with Gasteiger partial charge in [-0.25, -0.2) is 8.42 Å². The summed E-state index contributed by atoms with van der Waals surface area (Å²) < 4.78 is 22.9. The van der Waals surface area contributed by atoms with E-state index in [0.717, 1.165) is 5.56 Å². The molecule has 1 N–H and O–H groups in total. The molecule has 0 radical (unpaired) electrons. The number of amides is 1. The fourth-order valence-corrected chi connectivity index (χ4v) is 4.70. The third-order valence-corrected chi connectivity index (χ3v) is 6.39. The van der Waals surface area contributed by atoms with Gasteiger partial charge in [-0.15, -0.1) is 0 Å². The highest BCUT2D eigenvalue weighted by Gasteiger charge is 2.18. The van der Waals surface area contributed by atoms with Crippen LogP contribution in [0.15, 0.2) is 48.5 Å². The number of nitrogens with one attached hydrogen (secondary N) is 1. The van der Waals surface area contributed by atoms with Crippen LogP contribution in [-0.4, -0.2) is 33.7 Å². The van der Waals surface area contributed by atoms with Gasteiger partial charge in [-0.05, 0) is 48.2 Å². The van der Waals surface area contributed by atoms with Crippen LogP contribution in [0.4, 0.5) is 5.69 Å². The van der Waals surface area contributed by atoms with Gasteiger partial charge in [0.2, 0.25) is 0 Å². The smallest absolute Gasteiger partial charge is 0.251 e. The molecule has 156 valence electrons. The molecule has 0 saturated heterocycles. The molecule has 1 aliphatic carbocycles. The van der Waals surface area contributed by atoms with E-state index in [9.17, 15) is 13.2 Å². The largest absolute Gasteiger partial charge is 0.372 e. The number of hydrogen-bond acceptors (Lipinski definition) is 4. The van der Waals surface area contributed by atoms with Crippen LogP contribution in [0.25, 0.3) is 0 Å². The summed E-state index contributed by atoms with van der Waals surface area (Å²) in [5, 5.41) is 2.92. The highest BCUT2D eigenvalue weighted by Crippen LogP contribution is 2.26. The van der Waals surface area contributed by atoms with Crippen molar-refractivity contribution in [1.82, 2.24) is 5.32 Å². The summed E-state index contributed by atoms with van der Waals surface area (Å²) in [5.74, 6) is -0.270. The average Bonchev–Trinajstić information content (AvgIpc) is 2.71. The minimum atomic E-state index is -3.13. The predicted octanol–water partition coefficient (Wildman–Crippen LogP) is 3.93. The van der Waals surface area contributed by atoms with E-state index >= 15 is 0 Å². The fourth-order valence-electron chi connectivity index (χ4n) is 3.92. The molecule has 2 aromatic rings. The quantitative estimate of drug-likeness (QED) is 0.745. The molecule has 1 fully saturated rings. The Morgan fingerprint density at radius 3 is 2.38 bits per heavy atom. The topological polar surface area (TPSA) is 66.5 Å². The van der Waals surface area contributed by atoms with Crippen LogP contribution >= 0.6 is 0 Å². The Labute approximate surface area is 174 Å². The number of benzene rings is 2. The summed E-state index contributed by atoms with van der Waals surface area (Å²) in [6.45, 7) is 0.433. The average molecular weight is 415 g/mol. The third-order valence-electron chi connectivity index (χ3n) is 5.54. The maximum absolute atomic E-state index is 12.4. The molecule has 6 heteroatoms. The molecule has 0 heterocycles. The standard InChI is InChI=1S/C23H30N2O3S/c1-25(21-9-4-3-5-10-21)22-13-11-18(12-14-22)16-24-23(26)20-8-6-7-19(15-20)17-29(2,27)28/h6-8,11-15,21H,3-5,9-10,16-17H2,1-2H3,(H,24,26). The lowest BCUT2D eigenvalue weighted by Crippen LogP contribution is -2.33. The fraction of sp³-hybridized carbons (Fsp3) is 0.435. The zero-order valence-corrected chi connectivity index (χ0v) is 18.0. The molecule has 2 aromatic carbocycles. The van der Waals surface area contributed by atoms with Crippen LogP contribution in [0.3, 0.4) is 0 Å². The van der Waals surface area contributed by atoms with Crippen molar-refractivity contribution in [2.45, 2.75) is 50.4 Å². The first-order valence-corrected chi connectivity index (χ1v) is 12.2. The first kappa shape index (κ1) is 21.4. The molecule has 5 nitrogen and oxygen atoms in total. The van der Waals surface area contributed by atoms with E-state index in [1.165, 1.54) is 44.0 Å². The molecule has 1 saturated carbocycles. The minimum absolute atomic E-state index is 0.0654. The third kappa shape index (κ3) is 6.32. The maximum atomic E-state index is 12.4. The van der Waals surface area contributed by atoms with Gasteiger partial charge in [-0.2, -0.15) is 0 Å². The van der Waals surface area contributed by atoms with Gasteiger partial charge in [0.05, 0.1) is 5.75 Å². The molecule has 0 aliphatic heterocycles. The van der Waals surface area contributed by atoms with Gasteiger partial charge in [-0.3, -0.25) is 4.79 Å². The minimum Gasteiger partial charge on any atom is -0.372 e. The van der Waals surface area contributed by atoms with E-state index in [2.05, 4.69) is 41.5 Å². The highest BCUT2D eigenvalue weighted by atomic mass is 32.2. The summed E-state index contributed by atoms with van der Waals surface area (Å²) >= 11 is 0. The van der Waals surface area contributed by atoms with E-state index in [1.807, 2.05) is 0 Å². The Morgan fingerprint density at radius 1 is 1.03 bits per heavy atom. The highest BCUT2D eigenvalue weighted by molar-refractivity contribution is 7.89. The second kappa shape index (κ2) is 9.44. The monoisotopic (exact) mass is 414 g/mol. The Balaban J connectivity index is 1.57. The van der Waals surface area contributed by atoms with Crippen molar-refractivity contribution in [3.63, 3.8) is 0 Å². The Kier molecular flexibility index (Phi) is 6.96. The molecule has 0 atom stereocenters. The molecule has 3 rings (SSSR count). The SMILES string of the molecule is CN(c1ccc(CNC(=O)c2cccc(CS(C)(=O)=O)c2)cc1)C1CCCCC1. The molecule has 0 unspecified atom stereocenters. The summed E-state index contributed by atoms with van der Waals surface area (Å²) in [7, 11) is -0.967. The Bertz CT molecular complexity index is 933. The first-order chi connectivity index (χ1) is 13.8. The van der Waals surface area contributed by atoms with Crippen LogP contribution < -0.4 is 10.2 Å². The van der Waals surface area contributed by atoms with Crippen molar-refractivity contribution in [3.05, 3.63) is 65.2 Å². The molecule has 0 spiro atoms. The van der Waals surface area contributed by atoms with Crippen LogP contribution in [0.5, 0.6) is 0 Å². The lowest BCUT2D eigenvalue weighted by atomic mass is 9.94. The zero-order valence-electron chi connectivity index (χ0n) is 17.2. The number of rotatable bonds is 7. The van der Waals surface area contributed by atoms with Gasteiger partial charge in [-0.1, -0.05) is 43.5 Å². The summed E-state index contributed by atoms with van der Waals surface area (Å²) in [4.78, 5) is 14.8. The molecular weight excluding hydrogens is 384 g/mol. The van der Waals surface area contributed by atoms with Crippen LogP contribution in [-0.2, 0) is 22.1 Å². The molecular formula is C23H30N2O3S. The van der Waals surface area contributed by atoms with Gasteiger partial charge in [0.15, 0.2) is 9.84 Å². The van der Waals surface area contributed by atoms with Gasteiger partial charge >= 0.3 is 0 Å². The van der Waals surface area contributed by atoms with Crippen molar-refractivity contribution < 1.29 is 13.2 Å². The number of carbonyl (C=O) groups excluding carboxylic acids is 1. The molecule has 1 aliphatic rings. The summed E-state index contributed by atoms with van der Waals surface area (Å²) in [6.07, 6.45) is 7.67. The lowest BCUT2D eigenvalue weighted by Gasteiger charge is -2.33. The first-order valence-electron chi connectivity index (χ1n) is 10.2. The molecule has 1 amide bonds. The lowest BCUT2D eigenvalue weighted by molar-refractivity contribution is 0.0951. The van der Waals surface area contributed by atoms with Crippen LogP contribution in [0.1, 0.15) is 53.6 Å². The number of anilines is 1. The molecule has 0 aromatic heterocycles. The predicted molar refractivity (Wildman–Crippen MR) is 118 cm³/mol. The Morgan fingerprint density at radius 2 is 1.72 bits per heavy atom. The van der Waals surface area contributed by atoms with E-state index in [0.29, 0.717) is 23.7 Å². The van der Waals surface area contributed by atoms with E-state index < -0.39 is 9.84 Å². The number of nitrogens with zero attached hydrogens (tertiary/aromatic N) is 1. The number of sulfone groups is 1. The van der Waals surface area contributed by atoms with E-state index in [1.54, 1.807) is 24.3 Å². The second-order valence-corrected chi connectivity index (χ2v) is 10.2. The van der Waals surface area contributed by atoms with E-state index in [-0.39, 0.29) is 11.7 Å². The molecule has 29 heavy (non-hydrogen) atoms. The van der Waals surface area contributed by atoms with Crippen LogP contribution in [0, 0.1) is 0 Å². The van der Waals surface area contributed by atoms with Crippen molar-refractivity contribution in [1.29, 1.82) is 0 Å². The maximum Gasteiger partial charge on any atom is 0.251 e. The Hall–Kier alpha value is -2.34. The number of carbonyl (C=O) groups is 1. The molecule has 0 bridgehead atoms. The van der Waals surface area contributed by atoms with Crippen molar-refractivity contribution in [2.24, 2.45) is 0 Å². The van der Waals surface area contributed by atoms with Gasteiger partial charge in [0.1, 0.15) is 0 Å². The normalized spacial score (nSPS) is 15.1. The zero-order chi connectivity index (χ0) is 20.9. The van der Waals surface area contributed by atoms with Crippen molar-refractivity contribution >= 4 is 21.4 Å². The van der Waals surface area contributed by atoms with Crippen molar-refractivity contribution in [3.8, 4) is 0 Å². The van der Waals surface area contributed by atoms with Gasteiger partial charge in [0, 0.05) is 37.1 Å². The van der Waals surface area contributed by atoms with E-state index in [4.69, 9.17) is 0 Å². The van der Waals surface area contributed by atoms with Crippen molar-refractivity contribution in [2.75, 3.05) is 18.2 Å². The number of hydrogen-bond donors (Lipinski definition) is 1.